The molecule has 4 nitrogen and oxygen atoms in total. The van der Waals surface area contributed by atoms with Crippen LogP contribution >= 0.6 is 0 Å². The van der Waals surface area contributed by atoms with Crippen molar-refractivity contribution in [2.45, 2.75) is 13.5 Å². The number of methoxy groups -OCH3 is 1. The van der Waals surface area contributed by atoms with E-state index in [1.54, 1.807) is 11.8 Å². The van der Waals surface area contributed by atoms with Gasteiger partial charge >= 0.3 is 0 Å². The summed E-state index contributed by atoms with van der Waals surface area (Å²) in [6, 6.07) is 10.2. The normalized spacial score (nSPS) is 10.3. The molecule has 1 heterocycles. The van der Waals surface area contributed by atoms with Crippen LogP contribution in [0.15, 0.2) is 30.3 Å². The van der Waals surface area contributed by atoms with Gasteiger partial charge in [0.15, 0.2) is 5.82 Å². The molecule has 2 aromatic rings. The fraction of sp³-hybridized carbons (Fsp3) is 0.308. The molecule has 0 aliphatic heterocycles. The number of aromatic nitrogens is 2. The Morgan fingerprint density at radius 1 is 1.35 bits per heavy atom. The summed E-state index contributed by atoms with van der Waals surface area (Å²) in [6.07, 6.45) is 0. The van der Waals surface area contributed by atoms with Crippen LogP contribution in [0.25, 0.3) is 0 Å². The molecular formula is C13H17N3O. The highest BCUT2D eigenvalue weighted by Crippen LogP contribution is 2.16. The number of hydrogen-bond donors (Lipinski definition) is 1. The lowest BCUT2D eigenvalue weighted by Gasteiger charge is -2.05. The smallest absolute Gasteiger partial charge is 0.213 e. The number of aryl methyl sites for hydroxylation is 2. The average molecular weight is 231 g/mol. The standard InChI is InChI=1S/C13H17N3O/c1-10-6-4-5-7-11(10)9-14-12-8-13(17-3)16(2)15-12/h4-8H,9H2,1-3H3,(H,14,15). The largest absolute Gasteiger partial charge is 0.481 e. The van der Waals surface area contributed by atoms with Crippen molar-refractivity contribution in [1.82, 2.24) is 9.78 Å². The lowest BCUT2D eigenvalue weighted by molar-refractivity contribution is 0.373. The van der Waals surface area contributed by atoms with Gasteiger partial charge in [0, 0.05) is 19.7 Å². The fourth-order valence-corrected chi connectivity index (χ4v) is 1.72. The lowest BCUT2D eigenvalue weighted by atomic mass is 10.1. The third-order valence-corrected chi connectivity index (χ3v) is 2.77. The molecule has 1 aromatic heterocycles. The van der Waals surface area contributed by atoms with Gasteiger partial charge in [0.25, 0.3) is 0 Å². The Morgan fingerprint density at radius 2 is 2.12 bits per heavy atom. The first-order chi connectivity index (χ1) is 8.20. The van der Waals surface area contributed by atoms with Crippen LogP contribution in [0.5, 0.6) is 5.88 Å². The van der Waals surface area contributed by atoms with E-state index in [1.165, 1.54) is 11.1 Å². The van der Waals surface area contributed by atoms with Gasteiger partial charge in [0.2, 0.25) is 5.88 Å². The van der Waals surface area contributed by atoms with Crippen LogP contribution in [0.4, 0.5) is 5.82 Å². The molecule has 0 unspecified atom stereocenters. The van der Waals surface area contributed by atoms with E-state index < -0.39 is 0 Å². The second-order valence-corrected chi connectivity index (χ2v) is 3.98. The van der Waals surface area contributed by atoms with Gasteiger partial charge in [0.1, 0.15) is 0 Å². The van der Waals surface area contributed by atoms with Crippen LogP contribution in [0.3, 0.4) is 0 Å². The first-order valence-corrected chi connectivity index (χ1v) is 5.57. The molecule has 17 heavy (non-hydrogen) atoms. The van der Waals surface area contributed by atoms with Crippen LogP contribution < -0.4 is 10.1 Å². The molecule has 1 aromatic carbocycles. The van der Waals surface area contributed by atoms with Gasteiger partial charge in [-0.1, -0.05) is 24.3 Å². The summed E-state index contributed by atoms with van der Waals surface area (Å²) in [5, 5.41) is 7.59. The number of nitrogens with one attached hydrogen (secondary N) is 1. The molecule has 0 aliphatic carbocycles. The summed E-state index contributed by atoms with van der Waals surface area (Å²) >= 11 is 0. The second kappa shape index (κ2) is 4.91. The van der Waals surface area contributed by atoms with Crippen LogP contribution in [0, 0.1) is 6.92 Å². The van der Waals surface area contributed by atoms with E-state index >= 15 is 0 Å². The Morgan fingerprint density at radius 3 is 2.76 bits per heavy atom. The fourth-order valence-electron chi connectivity index (χ4n) is 1.72. The number of hydrogen-bond acceptors (Lipinski definition) is 3. The molecule has 4 heteroatoms. The summed E-state index contributed by atoms with van der Waals surface area (Å²) in [6.45, 7) is 2.88. The Kier molecular flexibility index (Phi) is 3.32. The summed E-state index contributed by atoms with van der Waals surface area (Å²) in [4.78, 5) is 0. The van der Waals surface area contributed by atoms with E-state index in [-0.39, 0.29) is 0 Å². The van der Waals surface area contributed by atoms with Crippen LogP contribution in [-0.4, -0.2) is 16.9 Å². The minimum absolute atomic E-state index is 0.747. The summed E-state index contributed by atoms with van der Waals surface area (Å²) in [7, 11) is 3.50. The van der Waals surface area contributed by atoms with E-state index in [9.17, 15) is 0 Å². The molecule has 0 bridgehead atoms. The highest BCUT2D eigenvalue weighted by Gasteiger charge is 2.04. The van der Waals surface area contributed by atoms with Crippen molar-refractivity contribution in [3.63, 3.8) is 0 Å². The van der Waals surface area contributed by atoms with Crippen molar-refractivity contribution in [3.8, 4) is 5.88 Å². The van der Waals surface area contributed by atoms with Gasteiger partial charge in [-0.3, -0.25) is 0 Å². The zero-order valence-corrected chi connectivity index (χ0v) is 10.4. The van der Waals surface area contributed by atoms with E-state index in [1.807, 2.05) is 25.2 Å². The van der Waals surface area contributed by atoms with Gasteiger partial charge in [-0.25, -0.2) is 4.68 Å². The number of benzene rings is 1. The lowest BCUT2D eigenvalue weighted by Crippen LogP contribution is -2.02. The van der Waals surface area contributed by atoms with Crippen molar-refractivity contribution in [3.05, 3.63) is 41.5 Å². The average Bonchev–Trinajstić information content (AvgIpc) is 2.69. The van der Waals surface area contributed by atoms with E-state index in [4.69, 9.17) is 4.74 Å². The molecule has 90 valence electrons. The van der Waals surface area contributed by atoms with Gasteiger partial charge in [-0.05, 0) is 18.1 Å². The van der Waals surface area contributed by atoms with Gasteiger partial charge in [-0.15, -0.1) is 0 Å². The quantitative estimate of drug-likeness (QED) is 0.878. The molecule has 0 saturated carbocycles. The van der Waals surface area contributed by atoms with E-state index in [0.29, 0.717) is 0 Å². The van der Waals surface area contributed by atoms with Crippen molar-refractivity contribution < 1.29 is 4.74 Å². The molecule has 1 N–H and O–H groups in total. The minimum Gasteiger partial charge on any atom is -0.481 e. The molecular weight excluding hydrogens is 214 g/mol. The number of rotatable bonds is 4. The zero-order valence-electron chi connectivity index (χ0n) is 10.4. The zero-order chi connectivity index (χ0) is 12.3. The van der Waals surface area contributed by atoms with Crippen molar-refractivity contribution in [1.29, 1.82) is 0 Å². The second-order valence-electron chi connectivity index (χ2n) is 3.98. The molecule has 0 amide bonds. The van der Waals surface area contributed by atoms with E-state index in [2.05, 4.69) is 29.5 Å². The van der Waals surface area contributed by atoms with Crippen molar-refractivity contribution >= 4 is 5.82 Å². The Labute approximate surface area is 101 Å². The van der Waals surface area contributed by atoms with Crippen molar-refractivity contribution in [2.75, 3.05) is 12.4 Å². The summed E-state index contributed by atoms with van der Waals surface area (Å²) in [5.41, 5.74) is 2.56. The maximum absolute atomic E-state index is 5.16. The number of ether oxygens (including phenoxy) is 1. The van der Waals surface area contributed by atoms with E-state index in [0.717, 1.165) is 18.2 Å². The first kappa shape index (κ1) is 11.5. The Bertz CT molecular complexity index is 505. The number of anilines is 1. The third kappa shape index (κ3) is 2.58. The van der Waals surface area contributed by atoms with Crippen molar-refractivity contribution in [2.24, 2.45) is 7.05 Å². The molecule has 0 radical (unpaired) electrons. The molecule has 0 aliphatic rings. The first-order valence-electron chi connectivity index (χ1n) is 5.57. The predicted molar refractivity (Wildman–Crippen MR) is 68.3 cm³/mol. The molecule has 0 saturated heterocycles. The Hall–Kier alpha value is -1.97. The number of nitrogens with zero attached hydrogens (tertiary/aromatic N) is 2. The van der Waals surface area contributed by atoms with Gasteiger partial charge < -0.3 is 10.1 Å². The maximum Gasteiger partial charge on any atom is 0.213 e. The minimum atomic E-state index is 0.747. The van der Waals surface area contributed by atoms with Crippen LogP contribution in [0.1, 0.15) is 11.1 Å². The Balaban J connectivity index is 2.05. The molecule has 0 atom stereocenters. The predicted octanol–water partition coefficient (Wildman–Crippen LogP) is 2.35. The van der Waals surface area contributed by atoms with Crippen LogP contribution in [-0.2, 0) is 13.6 Å². The highest BCUT2D eigenvalue weighted by atomic mass is 16.5. The topological polar surface area (TPSA) is 39.1 Å². The maximum atomic E-state index is 5.16. The third-order valence-electron chi connectivity index (χ3n) is 2.77. The molecule has 0 spiro atoms. The van der Waals surface area contributed by atoms with Gasteiger partial charge in [0.05, 0.1) is 7.11 Å². The summed E-state index contributed by atoms with van der Waals surface area (Å²) in [5.74, 6) is 1.57. The monoisotopic (exact) mass is 231 g/mol. The molecule has 2 rings (SSSR count). The SMILES string of the molecule is COc1cc(NCc2ccccc2C)nn1C. The van der Waals surface area contributed by atoms with Crippen LogP contribution in [0.2, 0.25) is 0 Å². The molecule has 0 fully saturated rings. The van der Waals surface area contributed by atoms with Gasteiger partial charge in [-0.2, -0.15) is 5.10 Å². The summed E-state index contributed by atoms with van der Waals surface area (Å²) < 4.78 is 6.87. The highest BCUT2D eigenvalue weighted by molar-refractivity contribution is 5.40.